The fraction of sp³-hybridized carbons (Fsp3) is 0.529. The first kappa shape index (κ1) is 25.5. The average molecular weight is 442 g/mol. The smallest absolute Gasteiger partial charge is 0.328 e. The molecule has 0 bridgehead atoms. The molecule has 4 atom stereocenters. The van der Waals surface area contributed by atoms with Gasteiger partial charge in [0.2, 0.25) is 17.7 Å². The topological polar surface area (TPSA) is 237 Å². The fourth-order valence-corrected chi connectivity index (χ4v) is 2.45. The third kappa shape index (κ3) is 9.22. The van der Waals surface area contributed by atoms with Gasteiger partial charge in [0.05, 0.1) is 25.0 Å². The lowest BCUT2D eigenvalue weighted by molar-refractivity contribution is -0.145. The van der Waals surface area contributed by atoms with Crippen LogP contribution in [-0.4, -0.2) is 85.7 Å². The van der Waals surface area contributed by atoms with Gasteiger partial charge in [-0.05, 0) is 13.3 Å². The van der Waals surface area contributed by atoms with Crippen molar-refractivity contribution in [1.29, 1.82) is 0 Å². The molecule has 0 aliphatic rings. The molecule has 172 valence electrons. The Morgan fingerprint density at radius 1 is 1.16 bits per heavy atom. The predicted molar refractivity (Wildman–Crippen MR) is 103 cm³/mol. The predicted octanol–water partition coefficient (Wildman–Crippen LogP) is -3.30. The first-order valence-electron chi connectivity index (χ1n) is 9.24. The van der Waals surface area contributed by atoms with Crippen LogP contribution < -0.4 is 21.7 Å². The summed E-state index contributed by atoms with van der Waals surface area (Å²) < 4.78 is 0. The summed E-state index contributed by atoms with van der Waals surface area (Å²) in [4.78, 5) is 65.0. The Morgan fingerprint density at radius 3 is 2.35 bits per heavy atom. The van der Waals surface area contributed by atoms with E-state index in [1.165, 1.54) is 12.5 Å². The number of rotatable bonds is 13. The van der Waals surface area contributed by atoms with Gasteiger partial charge in [0.25, 0.3) is 0 Å². The number of aromatic amines is 1. The minimum atomic E-state index is -1.66. The number of aliphatic carboxylic acids is 2. The number of nitrogens with two attached hydrogens (primary N) is 1. The molecule has 1 rings (SSSR count). The van der Waals surface area contributed by atoms with E-state index in [-0.39, 0.29) is 12.8 Å². The van der Waals surface area contributed by atoms with Crippen molar-refractivity contribution in [3.05, 3.63) is 18.2 Å². The van der Waals surface area contributed by atoms with E-state index in [1.54, 1.807) is 0 Å². The van der Waals surface area contributed by atoms with E-state index >= 15 is 0 Å². The summed E-state index contributed by atoms with van der Waals surface area (Å²) >= 11 is 0. The minimum Gasteiger partial charge on any atom is -0.481 e. The zero-order valence-corrected chi connectivity index (χ0v) is 16.7. The largest absolute Gasteiger partial charge is 0.481 e. The molecule has 14 heteroatoms. The van der Waals surface area contributed by atoms with E-state index in [1.807, 2.05) is 5.32 Å². The average Bonchev–Trinajstić information content (AvgIpc) is 3.19. The van der Waals surface area contributed by atoms with Gasteiger partial charge in [-0.3, -0.25) is 19.2 Å². The zero-order valence-electron chi connectivity index (χ0n) is 16.7. The Hall–Kier alpha value is -3.52. The summed E-state index contributed by atoms with van der Waals surface area (Å²) in [5.74, 6) is -5.21. The molecule has 0 saturated carbocycles. The number of aromatic nitrogens is 2. The van der Waals surface area contributed by atoms with Crippen molar-refractivity contribution in [1.82, 2.24) is 25.9 Å². The second kappa shape index (κ2) is 12.2. The van der Waals surface area contributed by atoms with Crippen molar-refractivity contribution in [3.8, 4) is 0 Å². The van der Waals surface area contributed by atoms with E-state index < -0.39 is 66.9 Å². The number of nitrogens with zero attached hydrogens (tertiary/aromatic N) is 1. The van der Waals surface area contributed by atoms with Gasteiger partial charge in [-0.15, -0.1) is 0 Å². The van der Waals surface area contributed by atoms with E-state index in [9.17, 15) is 29.1 Å². The summed E-state index contributed by atoms with van der Waals surface area (Å²) in [5, 5.41) is 33.9. The Kier molecular flexibility index (Phi) is 10.1. The quantitative estimate of drug-likeness (QED) is 0.151. The maximum atomic E-state index is 12.3. The highest BCUT2D eigenvalue weighted by molar-refractivity contribution is 5.92. The molecule has 0 aromatic carbocycles. The Morgan fingerprint density at radius 2 is 1.84 bits per heavy atom. The van der Waals surface area contributed by atoms with Crippen LogP contribution in [0.5, 0.6) is 0 Å². The van der Waals surface area contributed by atoms with Crippen molar-refractivity contribution in [2.75, 3.05) is 6.54 Å². The lowest BCUT2D eigenvalue weighted by atomic mass is 10.1. The number of nitrogens with one attached hydrogen (secondary N) is 4. The molecular formula is C17H26N6O8. The van der Waals surface area contributed by atoms with Crippen LogP contribution >= 0.6 is 0 Å². The molecule has 0 spiro atoms. The summed E-state index contributed by atoms with van der Waals surface area (Å²) in [6.07, 6.45) is 0.782. The number of H-pyrrole nitrogens is 1. The summed E-state index contributed by atoms with van der Waals surface area (Å²) in [7, 11) is 0. The third-order valence-corrected chi connectivity index (χ3v) is 4.10. The molecule has 0 aliphatic carbocycles. The Bertz CT molecular complexity index is 782. The van der Waals surface area contributed by atoms with Crippen LogP contribution in [-0.2, 0) is 30.4 Å². The lowest BCUT2D eigenvalue weighted by Gasteiger charge is -2.22. The number of aliphatic hydroxyl groups excluding tert-OH is 1. The maximum absolute atomic E-state index is 12.3. The highest BCUT2D eigenvalue weighted by Crippen LogP contribution is 2.02. The number of carboxylic acids is 2. The normalized spacial score (nSPS) is 14.5. The molecular weight excluding hydrogens is 416 g/mol. The summed E-state index contributed by atoms with van der Waals surface area (Å²) in [5.41, 5.74) is 6.35. The van der Waals surface area contributed by atoms with Crippen molar-refractivity contribution in [2.24, 2.45) is 5.73 Å². The maximum Gasteiger partial charge on any atom is 0.328 e. The zero-order chi connectivity index (χ0) is 23.6. The first-order valence-corrected chi connectivity index (χ1v) is 9.24. The molecule has 9 N–H and O–H groups in total. The van der Waals surface area contributed by atoms with Gasteiger partial charge < -0.3 is 42.0 Å². The monoisotopic (exact) mass is 442 g/mol. The fourth-order valence-electron chi connectivity index (χ4n) is 2.45. The third-order valence-electron chi connectivity index (χ3n) is 4.10. The molecule has 0 saturated heterocycles. The molecule has 0 fully saturated rings. The second-order valence-corrected chi connectivity index (χ2v) is 6.72. The van der Waals surface area contributed by atoms with Gasteiger partial charge in [-0.25, -0.2) is 9.78 Å². The van der Waals surface area contributed by atoms with Crippen molar-refractivity contribution in [3.63, 3.8) is 0 Å². The van der Waals surface area contributed by atoms with Gasteiger partial charge in [0, 0.05) is 24.7 Å². The summed E-state index contributed by atoms with van der Waals surface area (Å²) in [6, 6.07) is -4.03. The SMILES string of the molecule is CC(O)C(NC(=O)C(CCC(=O)O)NC(=O)CNC(=O)C(N)Cc1cnc[nH]1)C(=O)O. The molecule has 14 nitrogen and oxygen atoms in total. The number of carbonyl (C=O) groups is 5. The number of hydrogen-bond donors (Lipinski definition) is 8. The molecule has 1 aromatic rings. The van der Waals surface area contributed by atoms with Crippen LogP contribution in [0.2, 0.25) is 0 Å². The van der Waals surface area contributed by atoms with Crippen molar-refractivity contribution in [2.45, 2.75) is 50.4 Å². The van der Waals surface area contributed by atoms with Crippen LogP contribution in [0.15, 0.2) is 12.5 Å². The molecule has 3 amide bonds. The van der Waals surface area contributed by atoms with E-state index in [4.69, 9.17) is 15.9 Å². The number of carboxylic acid groups (broad SMARTS) is 2. The second-order valence-electron chi connectivity index (χ2n) is 6.72. The van der Waals surface area contributed by atoms with Crippen LogP contribution in [0.3, 0.4) is 0 Å². The number of aliphatic hydroxyl groups is 1. The highest BCUT2D eigenvalue weighted by Gasteiger charge is 2.29. The number of imidazole rings is 1. The number of amides is 3. The van der Waals surface area contributed by atoms with Crippen molar-refractivity contribution < 1.29 is 39.3 Å². The summed E-state index contributed by atoms with van der Waals surface area (Å²) in [6.45, 7) is 0.594. The first-order chi connectivity index (χ1) is 14.5. The standard InChI is InChI=1S/C17H26N6O8/c1-8(24)14(17(30)31)23-16(29)11(2-3-13(26)27)22-12(25)6-20-15(28)10(18)4-9-5-19-7-21-9/h5,7-8,10-11,14,24H,2-4,6,18H2,1H3,(H,19,21)(H,20,28)(H,22,25)(H,23,29)(H,26,27)(H,30,31). The van der Waals surface area contributed by atoms with E-state index in [2.05, 4.69) is 20.6 Å². The molecule has 4 unspecified atom stereocenters. The van der Waals surface area contributed by atoms with Gasteiger partial charge >= 0.3 is 11.9 Å². The van der Waals surface area contributed by atoms with Gasteiger partial charge in [-0.1, -0.05) is 0 Å². The van der Waals surface area contributed by atoms with Gasteiger partial charge in [-0.2, -0.15) is 0 Å². The van der Waals surface area contributed by atoms with E-state index in [0.29, 0.717) is 5.69 Å². The molecule has 0 radical (unpaired) electrons. The Labute approximate surface area is 176 Å². The molecule has 1 heterocycles. The molecule has 0 aliphatic heterocycles. The van der Waals surface area contributed by atoms with E-state index in [0.717, 1.165) is 6.92 Å². The number of hydrogen-bond acceptors (Lipinski definition) is 8. The minimum absolute atomic E-state index is 0.146. The van der Waals surface area contributed by atoms with Crippen molar-refractivity contribution >= 4 is 29.7 Å². The van der Waals surface area contributed by atoms with Crippen LogP contribution in [0.4, 0.5) is 0 Å². The lowest BCUT2D eigenvalue weighted by Crippen LogP contribution is -2.56. The van der Waals surface area contributed by atoms with Gasteiger partial charge in [0.1, 0.15) is 6.04 Å². The molecule has 31 heavy (non-hydrogen) atoms. The van der Waals surface area contributed by atoms with Gasteiger partial charge in [0.15, 0.2) is 6.04 Å². The Balaban J connectivity index is 2.65. The van der Waals surface area contributed by atoms with Crippen LogP contribution in [0.1, 0.15) is 25.5 Å². The van der Waals surface area contributed by atoms with Crippen LogP contribution in [0, 0.1) is 0 Å². The highest BCUT2D eigenvalue weighted by atomic mass is 16.4. The molecule has 1 aromatic heterocycles. The number of carbonyl (C=O) groups excluding carboxylic acids is 3. The van der Waals surface area contributed by atoms with Crippen LogP contribution in [0.25, 0.3) is 0 Å².